The van der Waals surface area contributed by atoms with E-state index in [1.165, 1.54) is 120 Å². The van der Waals surface area contributed by atoms with Crippen LogP contribution >= 0.6 is 10.0 Å². The van der Waals surface area contributed by atoms with Gasteiger partial charge in [-0.15, -0.1) is 10.0 Å². The molecule has 0 atom stereocenters. The molecule has 0 bridgehead atoms. The molecule has 2 nitrogen and oxygen atoms in total. The van der Waals surface area contributed by atoms with Crippen molar-refractivity contribution in [3.8, 4) is 33.4 Å². The highest BCUT2D eigenvalue weighted by Crippen LogP contribution is 2.85. The second-order valence-electron chi connectivity index (χ2n) is 17.2. The van der Waals surface area contributed by atoms with Crippen LogP contribution in [0.15, 0.2) is 214 Å². The average Bonchev–Trinajstić information content (AvgIpc) is 3.77. The van der Waals surface area contributed by atoms with Crippen molar-refractivity contribution in [1.82, 2.24) is 0 Å². The number of fused-ring (bicyclic) bond motifs is 22. The van der Waals surface area contributed by atoms with Gasteiger partial charge in [-0.3, -0.25) is 0 Å². The minimum absolute atomic E-state index is 0.0468. The molecule has 15 rings (SSSR count). The average molecular weight is 779 g/mol. The second-order valence-corrected chi connectivity index (χ2v) is 20.2. The van der Waals surface area contributed by atoms with E-state index in [-0.39, 0.29) is 6.85 Å². The summed E-state index contributed by atoms with van der Waals surface area (Å²) in [5.41, 5.74) is 23.6. The maximum atomic E-state index is 2.78. The van der Waals surface area contributed by atoms with E-state index in [9.17, 15) is 0 Å². The molecule has 5 heterocycles. The lowest BCUT2D eigenvalue weighted by Gasteiger charge is -2.55. The monoisotopic (exact) mass is 778 g/mol. The first-order chi connectivity index (χ1) is 29.7. The fourth-order valence-corrected chi connectivity index (χ4v) is 17.3. The van der Waals surface area contributed by atoms with E-state index in [0.717, 1.165) is 0 Å². The molecule has 6 aliphatic rings. The van der Waals surface area contributed by atoms with Crippen molar-refractivity contribution in [3.63, 3.8) is 0 Å². The van der Waals surface area contributed by atoms with Crippen LogP contribution in [-0.2, 0) is 5.41 Å². The van der Waals surface area contributed by atoms with Gasteiger partial charge in [-0.1, -0.05) is 152 Å². The molecule has 4 heteroatoms. The topological polar surface area (TPSA) is 6.48 Å². The van der Waals surface area contributed by atoms with Crippen LogP contribution in [0.4, 0.5) is 28.4 Å². The molecule has 0 fully saturated rings. The van der Waals surface area contributed by atoms with Crippen molar-refractivity contribution < 1.29 is 0 Å². The van der Waals surface area contributed by atoms with E-state index < -0.39 is 15.4 Å². The first-order valence-corrected chi connectivity index (χ1v) is 22.8. The summed E-state index contributed by atoms with van der Waals surface area (Å²) < 4.78 is 0. The van der Waals surface area contributed by atoms with Crippen molar-refractivity contribution in [2.24, 2.45) is 0 Å². The Hall–Kier alpha value is -7.01. The van der Waals surface area contributed by atoms with Crippen LogP contribution in [0.5, 0.6) is 0 Å². The van der Waals surface area contributed by atoms with Gasteiger partial charge in [0.25, 0.3) is 0 Å². The van der Waals surface area contributed by atoms with Crippen LogP contribution in [0.2, 0.25) is 0 Å². The summed E-state index contributed by atoms with van der Waals surface area (Å²) in [5, 5.41) is 0. The van der Waals surface area contributed by atoms with Crippen LogP contribution in [-0.4, -0.2) is 6.85 Å². The summed E-state index contributed by atoms with van der Waals surface area (Å²) in [6, 6.07) is 75.0. The van der Waals surface area contributed by atoms with Crippen molar-refractivity contribution in [3.05, 3.63) is 222 Å². The molecule has 278 valence electrons. The van der Waals surface area contributed by atoms with Gasteiger partial charge in [0, 0.05) is 42.2 Å². The molecule has 0 saturated heterocycles. The van der Waals surface area contributed by atoms with Crippen molar-refractivity contribution in [1.29, 1.82) is 0 Å². The smallest absolute Gasteiger partial charge is 0.333 e. The third-order valence-electron chi connectivity index (χ3n) is 14.6. The lowest BCUT2D eigenvalue weighted by molar-refractivity contribution is 0.753. The third-order valence-corrected chi connectivity index (χ3v) is 18.6. The van der Waals surface area contributed by atoms with Crippen molar-refractivity contribution >= 4 is 56.2 Å². The van der Waals surface area contributed by atoms with E-state index in [0.29, 0.717) is 0 Å². The quantitative estimate of drug-likeness (QED) is 0.142. The van der Waals surface area contributed by atoms with Crippen molar-refractivity contribution in [2.75, 3.05) is 9.71 Å². The first kappa shape index (κ1) is 31.9. The van der Waals surface area contributed by atoms with Gasteiger partial charge < -0.3 is 9.71 Å². The Morgan fingerprint density at radius 2 is 0.933 bits per heavy atom. The van der Waals surface area contributed by atoms with Crippen LogP contribution < -0.4 is 20.6 Å². The summed E-state index contributed by atoms with van der Waals surface area (Å²) in [4.78, 5) is 11.2. The molecule has 5 aliphatic heterocycles. The molecular weight excluding hydrogens is 744 g/mol. The summed E-state index contributed by atoms with van der Waals surface area (Å²) in [6.45, 7) is 2.25. The maximum absolute atomic E-state index is 2.78. The number of hydrogen-bond acceptors (Lipinski definition) is 2. The van der Waals surface area contributed by atoms with Crippen LogP contribution in [0.3, 0.4) is 0 Å². The summed E-state index contributed by atoms with van der Waals surface area (Å²) in [6.07, 6.45) is 0. The van der Waals surface area contributed by atoms with Gasteiger partial charge in [-0.05, 0) is 116 Å². The van der Waals surface area contributed by atoms with Gasteiger partial charge >= 0.3 is 6.85 Å². The standard InChI is InChI=1S/C56H35BN2S/c1-34-32-40-39-20-14-31-52-54(39)59(47-27-10-13-30-51(47)60(52)49-28-11-4-18-37(49)38-19-5-12-29-50(38)60)57-45-25-15-24-44-55(45)58(48(33-34)53(40)57)46-26-9-8-23-43(46)56(44)41-21-6-2-16-35(41)36-17-3-7-22-42(36)56/h2-33H,1H3. The molecule has 0 radical (unpaired) electrons. The Bertz CT molecular complexity index is 3370. The fraction of sp³-hybridized carbons (Fsp3) is 0.0357. The first-order valence-electron chi connectivity index (χ1n) is 21.1. The van der Waals surface area contributed by atoms with Gasteiger partial charge in [-0.25, -0.2) is 0 Å². The molecule has 0 unspecified atom stereocenters. The zero-order valence-electron chi connectivity index (χ0n) is 32.9. The molecular formula is C56H35BN2S. The normalized spacial score (nSPS) is 16.4. The lowest BCUT2D eigenvalue weighted by Crippen LogP contribution is -2.63. The van der Waals surface area contributed by atoms with E-state index in [2.05, 4.69) is 211 Å². The zero-order chi connectivity index (χ0) is 39.1. The molecule has 9 aromatic rings. The SMILES string of the molecule is Cc1cc2c3c(c1)N1c4ccccc4C4(c5ccccc5-c5ccccc54)c4cccc(c41)B3N1c3ccccc3S3(c4ccccc4-c4ccccc43)c3cccc-2c31. The predicted molar refractivity (Wildman–Crippen MR) is 248 cm³/mol. The number of hydrogen-bond donors (Lipinski definition) is 0. The third kappa shape index (κ3) is 3.35. The summed E-state index contributed by atoms with van der Waals surface area (Å²) in [7, 11) is -1.83. The van der Waals surface area contributed by atoms with Gasteiger partial charge in [0.2, 0.25) is 0 Å². The van der Waals surface area contributed by atoms with E-state index in [4.69, 9.17) is 0 Å². The van der Waals surface area contributed by atoms with E-state index in [1.807, 2.05) is 0 Å². The fourth-order valence-electron chi connectivity index (χ4n) is 12.7. The van der Waals surface area contributed by atoms with Gasteiger partial charge in [-0.2, -0.15) is 0 Å². The molecule has 9 aromatic carbocycles. The molecule has 0 N–H and O–H groups in total. The van der Waals surface area contributed by atoms with Gasteiger partial charge in [0.05, 0.1) is 16.8 Å². The molecule has 2 spiro atoms. The minimum Gasteiger partial charge on any atom is -0.375 e. The Labute approximate surface area is 351 Å². The zero-order valence-corrected chi connectivity index (χ0v) is 33.7. The number of para-hydroxylation sites is 4. The Morgan fingerprint density at radius 1 is 0.400 bits per heavy atom. The maximum Gasteiger partial charge on any atom is 0.333 e. The van der Waals surface area contributed by atoms with Crippen LogP contribution in [0, 0.1) is 6.92 Å². The molecule has 0 saturated carbocycles. The number of nitrogens with zero attached hydrogens (tertiary/aromatic N) is 2. The summed E-state index contributed by atoms with van der Waals surface area (Å²) in [5.74, 6) is 0. The van der Waals surface area contributed by atoms with Crippen LogP contribution in [0.1, 0.15) is 27.8 Å². The number of rotatable bonds is 0. The van der Waals surface area contributed by atoms with Gasteiger partial charge in [0.1, 0.15) is 0 Å². The molecule has 0 amide bonds. The number of anilines is 5. The molecule has 60 heavy (non-hydrogen) atoms. The Kier molecular flexibility index (Phi) is 5.74. The van der Waals surface area contributed by atoms with E-state index in [1.54, 1.807) is 0 Å². The largest absolute Gasteiger partial charge is 0.375 e. The highest BCUT2D eigenvalue weighted by atomic mass is 32.3. The lowest BCUT2D eigenvalue weighted by atomic mass is 9.42. The minimum atomic E-state index is -1.83. The Morgan fingerprint density at radius 3 is 1.65 bits per heavy atom. The Balaban J connectivity index is 1.11. The molecule has 0 aromatic heterocycles. The van der Waals surface area contributed by atoms with Crippen LogP contribution in [0.25, 0.3) is 33.4 Å². The van der Waals surface area contributed by atoms with Crippen molar-refractivity contribution in [2.45, 2.75) is 31.9 Å². The van der Waals surface area contributed by atoms with Gasteiger partial charge in [0.15, 0.2) is 0 Å². The number of benzene rings is 9. The number of aryl methyl sites for hydroxylation is 1. The summed E-state index contributed by atoms with van der Waals surface area (Å²) >= 11 is 0. The second kappa shape index (κ2) is 10.8. The predicted octanol–water partition coefficient (Wildman–Crippen LogP) is 13.0. The highest BCUT2D eigenvalue weighted by Gasteiger charge is 2.58. The highest BCUT2D eigenvalue weighted by molar-refractivity contribution is 8.34. The molecule has 1 aliphatic carbocycles. The van der Waals surface area contributed by atoms with E-state index >= 15 is 0 Å².